The zero-order valence-electron chi connectivity index (χ0n) is 4.22. The quantitative estimate of drug-likeness (QED) is 0.362. The van der Waals surface area contributed by atoms with Crippen molar-refractivity contribution < 1.29 is 0 Å². The molecule has 0 fully saturated rings. The van der Waals surface area contributed by atoms with Crippen LogP contribution in [0.2, 0.25) is 0 Å². The van der Waals surface area contributed by atoms with Crippen molar-refractivity contribution in [2.24, 2.45) is 0 Å². The molecule has 0 aromatic heterocycles. The van der Waals surface area contributed by atoms with Gasteiger partial charge in [-0.25, -0.2) is 0 Å². The third-order valence-corrected chi connectivity index (χ3v) is 1.97. The van der Waals surface area contributed by atoms with Crippen LogP contribution < -0.4 is 0 Å². The van der Waals surface area contributed by atoms with Gasteiger partial charge in [-0.2, -0.15) is 0 Å². The second kappa shape index (κ2) is 2.47. The van der Waals surface area contributed by atoms with Crippen LogP contribution in [0.1, 0.15) is 19.3 Å². The Hall–Kier alpha value is 0.168. The summed E-state index contributed by atoms with van der Waals surface area (Å²) >= 11 is 2.64. The number of allylic oxidation sites excluding steroid dienone is 2. The van der Waals surface area contributed by atoms with Crippen LogP contribution in [0.4, 0.5) is 0 Å². The van der Waals surface area contributed by atoms with E-state index in [1.165, 1.54) is 19.3 Å². The number of hydrogen-bond acceptors (Lipinski definition) is 0. The van der Waals surface area contributed by atoms with Crippen LogP contribution in [-0.4, -0.2) is 20.7 Å². The Morgan fingerprint density at radius 2 is 2.29 bits per heavy atom. The van der Waals surface area contributed by atoms with E-state index in [9.17, 15) is 0 Å². The van der Waals surface area contributed by atoms with Gasteiger partial charge in [0.05, 0.1) is 0 Å². The third-order valence-electron chi connectivity index (χ3n) is 1.12. The van der Waals surface area contributed by atoms with Gasteiger partial charge in [0.15, 0.2) is 0 Å². The molecular weight excluding hydrogens is 147 g/mol. The zero-order valence-corrected chi connectivity index (χ0v) is 6.10. The van der Waals surface area contributed by atoms with E-state index in [0.29, 0.717) is 0 Å². The van der Waals surface area contributed by atoms with Crippen molar-refractivity contribution >= 4 is 20.7 Å². The molecule has 1 aliphatic carbocycles. The molecule has 0 unspecified atom stereocenters. The van der Waals surface area contributed by atoms with Gasteiger partial charge < -0.3 is 0 Å². The normalized spacial score (nSPS) is 20.3. The maximum atomic E-state index is 2.64. The van der Waals surface area contributed by atoms with E-state index in [1.54, 1.807) is 4.30 Å². The molecule has 0 saturated carbocycles. The second-order valence-corrected chi connectivity index (χ2v) is 3.11. The summed E-state index contributed by atoms with van der Waals surface area (Å²) in [6, 6.07) is 0. The van der Waals surface area contributed by atoms with E-state index < -0.39 is 0 Å². The molecule has 0 atom stereocenters. The molecule has 0 aromatic rings. The monoisotopic (exact) mass is 155 g/mol. The average Bonchev–Trinajstić information content (AvgIpc) is 1.69. The van der Waals surface area contributed by atoms with Crippen LogP contribution in [0.15, 0.2) is 12.2 Å². The minimum absolute atomic E-state index is 1.19. The predicted octanol–water partition coefficient (Wildman–Crippen LogP) is 1.07. The summed E-state index contributed by atoms with van der Waals surface area (Å²) in [6.45, 7) is 0. The van der Waals surface area contributed by atoms with E-state index in [0.717, 1.165) is 0 Å². The molecule has 1 radical (unpaired) electrons. The van der Waals surface area contributed by atoms with Gasteiger partial charge in [0, 0.05) is 0 Å². The van der Waals surface area contributed by atoms with Crippen molar-refractivity contribution in [2.45, 2.75) is 19.3 Å². The molecule has 1 aliphatic rings. The first-order valence-electron chi connectivity index (χ1n) is 2.58. The number of hydrogen-bond donors (Lipinski definition) is 0. The molecule has 1 rings (SSSR count). The fraction of sp³-hybridized carbons (Fsp3) is 0.500. The molecule has 0 bridgehead atoms. The SMILES string of the molecule is [As]=C1CC=CCC1. The molecule has 0 heterocycles. The summed E-state index contributed by atoms with van der Waals surface area (Å²) in [5, 5.41) is 0. The van der Waals surface area contributed by atoms with E-state index in [-0.39, 0.29) is 0 Å². The van der Waals surface area contributed by atoms with Crippen molar-refractivity contribution in [3.05, 3.63) is 12.2 Å². The molecule has 37 valence electrons. The first kappa shape index (κ1) is 5.31. The van der Waals surface area contributed by atoms with Crippen molar-refractivity contribution in [1.29, 1.82) is 0 Å². The Labute approximate surface area is 52.6 Å². The minimum atomic E-state index is 1.19. The Balaban J connectivity index is 2.47. The summed E-state index contributed by atoms with van der Waals surface area (Å²) in [5.41, 5.74) is 0. The van der Waals surface area contributed by atoms with Crippen molar-refractivity contribution in [3.8, 4) is 0 Å². The summed E-state index contributed by atoms with van der Waals surface area (Å²) < 4.78 is 1.56. The summed E-state index contributed by atoms with van der Waals surface area (Å²) in [4.78, 5) is 0. The molecule has 0 aromatic carbocycles. The van der Waals surface area contributed by atoms with E-state index in [1.807, 2.05) is 0 Å². The Morgan fingerprint density at radius 3 is 2.57 bits per heavy atom. The Bertz CT molecular complexity index is 103. The standard InChI is InChI=1S/C6H8As/c7-6-4-2-1-3-5-6/h1-2H,3-5H2. The maximum absolute atomic E-state index is 2.64. The van der Waals surface area contributed by atoms with Gasteiger partial charge in [-0.1, -0.05) is 0 Å². The van der Waals surface area contributed by atoms with Crippen LogP contribution in [0.5, 0.6) is 0 Å². The molecule has 0 spiro atoms. The first-order chi connectivity index (χ1) is 3.39. The average molecular weight is 155 g/mol. The summed E-state index contributed by atoms with van der Waals surface area (Å²) in [5.74, 6) is 0. The Morgan fingerprint density at radius 1 is 1.43 bits per heavy atom. The van der Waals surface area contributed by atoms with Gasteiger partial charge in [0.2, 0.25) is 0 Å². The van der Waals surface area contributed by atoms with E-state index >= 15 is 0 Å². The fourth-order valence-corrected chi connectivity index (χ4v) is 1.18. The van der Waals surface area contributed by atoms with Crippen LogP contribution in [-0.2, 0) is 0 Å². The van der Waals surface area contributed by atoms with Gasteiger partial charge in [-0.05, 0) is 0 Å². The van der Waals surface area contributed by atoms with Gasteiger partial charge in [0.1, 0.15) is 0 Å². The van der Waals surface area contributed by atoms with E-state index in [2.05, 4.69) is 28.6 Å². The van der Waals surface area contributed by atoms with Crippen molar-refractivity contribution in [3.63, 3.8) is 0 Å². The van der Waals surface area contributed by atoms with Gasteiger partial charge in [-0.15, -0.1) is 0 Å². The summed E-state index contributed by atoms with van der Waals surface area (Å²) in [7, 11) is 0. The Kier molecular flexibility index (Phi) is 1.87. The van der Waals surface area contributed by atoms with Crippen molar-refractivity contribution in [1.82, 2.24) is 0 Å². The second-order valence-electron chi connectivity index (χ2n) is 1.78. The molecule has 0 saturated heterocycles. The van der Waals surface area contributed by atoms with Crippen LogP contribution >= 0.6 is 0 Å². The third kappa shape index (κ3) is 1.61. The zero-order chi connectivity index (χ0) is 5.11. The first-order valence-corrected chi connectivity index (χ1v) is 3.52. The molecule has 0 N–H and O–H groups in total. The van der Waals surface area contributed by atoms with Crippen LogP contribution in [0, 0.1) is 0 Å². The summed E-state index contributed by atoms with van der Waals surface area (Å²) in [6.07, 6.45) is 8.22. The molecule has 1 heteroatoms. The van der Waals surface area contributed by atoms with E-state index in [4.69, 9.17) is 0 Å². The number of rotatable bonds is 0. The predicted molar refractivity (Wildman–Crippen MR) is 33.8 cm³/mol. The topological polar surface area (TPSA) is 0 Å². The van der Waals surface area contributed by atoms with Gasteiger partial charge in [-0.3, -0.25) is 0 Å². The molecule has 0 aliphatic heterocycles. The fourth-order valence-electron chi connectivity index (χ4n) is 0.689. The molecule has 0 nitrogen and oxygen atoms in total. The van der Waals surface area contributed by atoms with Gasteiger partial charge >= 0.3 is 52.1 Å². The van der Waals surface area contributed by atoms with Crippen LogP contribution in [0.3, 0.4) is 0 Å². The van der Waals surface area contributed by atoms with Gasteiger partial charge in [0.25, 0.3) is 0 Å². The molecule has 0 amide bonds. The van der Waals surface area contributed by atoms with Crippen LogP contribution in [0.25, 0.3) is 0 Å². The molecular formula is C6H8As. The molecule has 7 heavy (non-hydrogen) atoms. The van der Waals surface area contributed by atoms with Crippen molar-refractivity contribution in [2.75, 3.05) is 0 Å².